The SMILES string of the molecule is CC1CN(CCC(=O)C=Cc2ccc(C(F)(F)F)cc2)CC(C)O1.Cl. The summed E-state index contributed by atoms with van der Waals surface area (Å²) in [4.78, 5) is 14.1. The highest BCUT2D eigenvalue weighted by Crippen LogP contribution is 2.29. The lowest BCUT2D eigenvalue weighted by Gasteiger charge is -2.35. The van der Waals surface area contributed by atoms with E-state index in [4.69, 9.17) is 4.74 Å². The molecule has 0 amide bonds. The minimum atomic E-state index is -4.34. The first-order chi connectivity index (χ1) is 11.2. The van der Waals surface area contributed by atoms with Gasteiger partial charge in [-0.15, -0.1) is 12.4 Å². The van der Waals surface area contributed by atoms with Gasteiger partial charge in [-0.3, -0.25) is 9.69 Å². The fourth-order valence-electron chi connectivity index (χ4n) is 2.79. The van der Waals surface area contributed by atoms with Gasteiger partial charge in [0.25, 0.3) is 0 Å². The number of carbonyl (C=O) groups excluding carboxylic acids is 1. The van der Waals surface area contributed by atoms with Crippen molar-refractivity contribution >= 4 is 24.3 Å². The van der Waals surface area contributed by atoms with E-state index in [-0.39, 0.29) is 30.4 Å². The van der Waals surface area contributed by atoms with Gasteiger partial charge in [0.2, 0.25) is 0 Å². The molecule has 2 rings (SSSR count). The van der Waals surface area contributed by atoms with Gasteiger partial charge in [0.1, 0.15) is 0 Å². The average Bonchev–Trinajstić information content (AvgIpc) is 2.49. The quantitative estimate of drug-likeness (QED) is 0.720. The lowest BCUT2D eigenvalue weighted by Crippen LogP contribution is -2.45. The van der Waals surface area contributed by atoms with E-state index in [0.29, 0.717) is 18.5 Å². The molecule has 0 aromatic heterocycles. The number of morpholine rings is 1. The van der Waals surface area contributed by atoms with Gasteiger partial charge in [-0.2, -0.15) is 13.2 Å². The third kappa shape index (κ3) is 7.18. The number of alkyl halides is 3. The summed E-state index contributed by atoms with van der Waals surface area (Å²) in [6, 6.07) is 4.75. The Morgan fingerprint density at radius 1 is 1.20 bits per heavy atom. The van der Waals surface area contributed by atoms with Crippen molar-refractivity contribution < 1.29 is 22.7 Å². The van der Waals surface area contributed by atoms with Crippen molar-refractivity contribution in [1.29, 1.82) is 0 Å². The molecule has 1 aromatic rings. The van der Waals surface area contributed by atoms with Crippen LogP contribution in [0, 0.1) is 0 Å². The van der Waals surface area contributed by atoms with E-state index < -0.39 is 11.7 Å². The van der Waals surface area contributed by atoms with Gasteiger partial charge in [-0.05, 0) is 37.6 Å². The van der Waals surface area contributed by atoms with Crippen molar-refractivity contribution in [3.63, 3.8) is 0 Å². The first kappa shape index (κ1) is 21.7. The predicted octanol–water partition coefficient (Wildman–Crippen LogP) is 4.21. The van der Waals surface area contributed by atoms with E-state index in [1.54, 1.807) is 6.08 Å². The largest absolute Gasteiger partial charge is 0.416 e. The Kier molecular flexibility index (Phi) is 8.12. The zero-order chi connectivity index (χ0) is 17.7. The number of hydrogen-bond acceptors (Lipinski definition) is 3. The highest BCUT2D eigenvalue weighted by atomic mass is 35.5. The number of carbonyl (C=O) groups is 1. The number of halogens is 4. The first-order valence-electron chi connectivity index (χ1n) is 8.00. The Morgan fingerprint density at radius 2 is 1.76 bits per heavy atom. The van der Waals surface area contributed by atoms with Crippen molar-refractivity contribution in [3.8, 4) is 0 Å². The van der Waals surface area contributed by atoms with E-state index >= 15 is 0 Å². The van der Waals surface area contributed by atoms with Crippen LogP contribution >= 0.6 is 12.4 Å². The maximum absolute atomic E-state index is 12.5. The number of ketones is 1. The highest BCUT2D eigenvalue weighted by molar-refractivity contribution is 5.93. The Morgan fingerprint density at radius 3 is 2.28 bits per heavy atom. The maximum Gasteiger partial charge on any atom is 0.416 e. The molecule has 1 aromatic carbocycles. The summed E-state index contributed by atoms with van der Waals surface area (Å²) in [6.45, 7) is 6.29. The molecule has 2 unspecified atom stereocenters. The van der Waals surface area contributed by atoms with Gasteiger partial charge in [-0.25, -0.2) is 0 Å². The van der Waals surface area contributed by atoms with Crippen LogP contribution in [0.3, 0.4) is 0 Å². The van der Waals surface area contributed by atoms with Gasteiger partial charge in [0, 0.05) is 26.1 Å². The topological polar surface area (TPSA) is 29.5 Å². The summed E-state index contributed by atoms with van der Waals surface area (Å²) in [5.74, 6) is -0.0401. The van der Waals surface area contributed by atoms with Gasteiger partial charge < -0.3 is 4.74 Å². The highest BCUT2D eigenvalue weighted by Gasteiger charge is 2.29. The Labute approximate surface area is 152 Å². The van der Waals surface area contributed by atoms with Crippen LogP contribution in [0.5, 0.6) is 0 Å². The molecular weight excluding hydrogens is 355 g/mol. The molecule has 25 heavy (non-hydrogen) atoms. The van der Waals surface area contributed by atoms with Crippen LogP contribution in [-0.2, 0) is 15.7 Å². The van der Waals surface area contributed by atoms with Crippen molar-refractivity contribution in [3.05, 3.63) is 41.5 Å². The number of nitrogens with zero attached hydrogens (tertiary/aromatic N) is 1. The van der Waals surface area contributed by atoms with E-state index in [0.717, 1.165) is 25.2 Å². The lowest BCUT2D eigenvalue weighted by molar-refractivity contribution is -0.137. The normalized spacial score (nSPS) is 22.0. The lowest BCUT2D eigenvalue weighted by atomic mass is 10.1. The molecule has 1 saturated heterocycles. The summed E-state index contributed by atoms with van der Waals surface area (Å²) in [7, 11) is 0. The van der Waals surface area contributed by atoms with E-state index in [2.05, 4.69) is 4.90 Å². The van der Waals surface area contributed by atoms with Gasteiger partial charge in [0.15, 0.2) is 5.78 Å². The maximum atomic E-state index is 12.5. The molecule has 7 heteroatoms. The molecule has 3 nitrogen and oxygen atoms in total. The first-order valence-corrected chi connectivity index (χ1v) is 8.00. The van der Waals surface area contributed by atoms with Crippen molar-refractivity contribution in [2.24, 2.45) is 0 Å². The molecule has 1 aliphatic heterocycles. The summed E-state index contributed by atoms with van der Waals surface area (Å²) in [5, 5.41) is 0. The minimum absolute atomic E-state index is 0. The van der Waals surface area contributed by atoms with E-state index in [1.807, 2.05) is 13.8 Å². The molecule has 0 radical (unpaired) electrons. The molecule has 2 atom stereocenters. The average molecular weight is 378 g/mol. The van der Waals surface area contributed by atoms with E-state index in [9.17, 15) is 18.0 Å². The minimum Gasteiger partial charge on any atom is -0.373 e. The van der Waals surface area contributed by atoms with Crippen LogP contribution in [0.1, 0.15) is 31.4 Å². The van der Waals surface area contributed by atoms with Crippen molar-refractivity contribution in [2.45, 2.75) is 38.7 Å². The van der Waals surface area contributed by atoms with Crippen molar-refractivity contribution in [1.82, 2.24) is 4.90 Å². The smallest absolute Gasteiger partial charge is 0.373 e. The number of rotatable bonds is 5. The standard InChI is InChI=1S/C18H22F3NO2.ClH/c1-13-11-22(12-14(2)24-13)10-9-17(23)8-5-15-3-6-16(7-4-15)18(19,20)21;/h3-8,13-14H,9-12H2,1-2H3;1H. The van der Waals surface area contributed by atoms with Crippen LogP contribution < -0.4 is 0 Å². The molecule has 1 fully saturated rings. The zero-order valence-electron chi connectivity index (χ0n) is 14.3. The van der Waals surface area contributed by atoms with Crippen LogP contribution in [-0.4, -0.2) is 42.5 Å². The molecule has 0 N–H and O–H groups in total. The van der Waals surface area contributed by atoms with Crippen LogP contribution in [0.25, 0.3) is 6.08 Å². The molecule has 0 bridgehead atoms. The molecule has 0 aliphatic carbocycles. The number of benzene rings is 1. The second kappa shape index (κ2) is 9.36. The van der Waals surface area contributed by atoms with Crippen molar-refractivity contribution in [2.75, 3.05) is 19.6 Å². The van der Waals surface area contributed by atoms with Gasteiger partial charge in [-0.1, -0.05) is 18.2 Å². The van der Waals surface area contributed by atoms with Gasteiger partial charge in [0.05, 0.1) is 17.8 Å². The fraction of sp³-hybridized carbons (Fsp3) is 0.500. The van der Waals surface area contributed by atoms with Crippen LogP contribution in [0.4, 0.5) is 13.2 Å². The number of allylic oxidation sites excluding steroid dienone is 1. The molecule has 0 saturated carbocycles. The third-order valence-electron chi connectivity index (χ3n) is 3.87. The molecule has 1 heterocycles. The van der Waals surface area contributed by atoms with Gasteiger partial charge >= 0.3 is 6.18 Å². The second-order valence-corrected chi connectivity index (χ2v) is 6.19. The molecule has 140 valence electrons. The monoisotopic (exact) mass is 377 g/mol. The number of ether oxygens (including phenoxy) is 1. The second-order valence-electron chi connectivity index (χ2n) is 6.19. The Hall–Kier alpha value is -1.37. The number of hydrogen-bond donors (Lipinski definition) is 0. The third-order valence-corrected chi connectivity index (χ3v) is 3.87. The summed E-state index contributed by atoms with van der Waals surface area (Å²) in [6.07, 6.45) is -0.664. The zero-order valence-corrected chi connectivity index (χ0v) is 15.1. The Balaban J connectivity index is 0.00000312. The fourth-order valence-corrected chi connectivity index (χ4v) is 2.79. The summed E-state index contributed by atoms with van der Waals surface area (Å²) < 4.78 is 43.1. The predicted molar refractivity (Wildman–Crippen MR) is 93.8 cm³/mol. The molecule has 1 aliphatic rings. The summed E-state index contributed by atoms with van der Waals surface area (Å²) >= 11 is 0. The van der Waals surface area contributed by atoms with Crippen LogP contribution in [0.15, 0.2) is 30.3 Å². The van der Waals surface area contributed by atoms with E-state index in [1.165, 1.54) is 18.2 Å². The van der Waals surface area contributed by atoms with Crippen LogP contribution in [0.2, 0.25) is 0 Å². The summed E-state index contributed by atoms with van der Waals surface area (Å²) in [5.41, 5.74) is -0.119. The molecule has 0 spiro atoms. The Bertz CT molecular complexity index is 577. The molecular formula is C18H23ClF3NO2.